The number of carboxylic acid groups (broad SMARTS) is 1. The monoisotopic (exact) mass is 467 g/mol. The first kappa shape index (κ1) is 21.2. The van der Waals surface area contributed by atoms with Crippen LogP contribution in [0, 0.1) is 15.9 Å². The van der Waals surface area contributed by atoms with E-state index in [9.17, 15) is 29.2 Å². The number of aromatic nitrogens is 1. The molecule has 0 bridgehead atoms. The molecule has 0 saturated carbocycles. The Morgan fingerprint density at radius 2 is 1.97 bits per heavy atom. The summed E-state index contributed by atoms with van der Waals surface area (Å²) in [5, 5.41) is 21.6. The number of carboxylic acids is 1. The van der Waals surface area contributed by atoms with Gasteiger partial charge >= 0.3 is 5.97 Å². The minimum Gasteiger partial charge on any atom is -0.477 e. The van der Waals surface area contributed by atoms with E-state index < -0.39 is 10.9 Å². The van der Waals surface area contributed by atoms with E-state index in [1.165, 1.54) is 24.3 Å². The molecule has 1 fully saturated rings. The number of nitrogens with zero attached hydrogens (tertiary/aromatic N) is 3. The van der Waals surface area contributed by atoms with Crippen molar-refractivity contribution < 1.29 is 24.0 Å². The van der Waals surface area contributed by atoms with Crippen LogP contribution in [0.4, 0.5) is 10.1 Å². The van der Waals surface area contributed by atoms with Gasteiger partial charge in [0.25, 0.3) is 11.6 Å². The predicted molar refractivity (Wildman–Crippen MR) is 118 cm³/mol. The molecular formula is C23H18FN3O5S. The summed E-state index contributed by atoms with van der Waals surface area (Å²) in [6.07, 6.45) is 2.18. The van der Waals surface area contributed by atoms with E-state index in [2.05, 4.69) is 4.98 Å². The first-order valence-corrected chi connectivity index (χ1v) is 11.3. The maximum Gasteiger partial charge on any atom is 0.345 e. The number of nitro groups is 1. The number of thiophene rings is 1. The van der Waals surface area contributed by atoms with E-state index in [1.807, 2.05) is 0 Å². The Balaban J connectivity index is 1.68. The van der Waals surface area contributed by atoms with Crippen molar-refractivity contribution in [1.29, 1.82) is 0 Å². The summed E-state index contributed by atoms with van der Waals surface area (Å²) in [4.78, 5) is 43.1. The van der Waals surface area contributed by atoms with Crippen molar-refractivity contribution in [3.05, 3.63) is 79.7 Å². The Kier molecular flexibility index (Phi) is 5.16. The zero-order valence-corrected chi connectivity index (χ0v) is 18.1. The molecule has 8 nitrogen and oxygen atoms in total. The number of pyridine rings is 1. The van der Waals surface area contributed by atoms with E-state index >= 15 is 0 Å². The number of aryl methyl sites for hydroxylation is 2. The van der Waals surface area contributed by atoms with E-state index in [0.29, 0.717) is 23.5 Å². The lowest BCUT2D eigenvalue weighted by Crippen LogP contribution is -2.22. The first-order valence-electron chi connectivity index (χ1n) is 10.4. The number of carbonyl (C=O) groups excluding carboxylic acids is 1. The molecule has 2 aliphatic rings. The largest absolute Gasteiger partial charge is 0.477 e. The maximum absolute atomic E-state index is 13.3. The summed E-state index contributed by atoms with van der Waals surface area (Å²) in [6, 6.07) is 8.58. The van der Waals surface area contributed by atoms with Crippen LogP contribution in [0.1, 0.15) is 55.9 Å². The molecular weight excluding hydrogens is 449 g/mol. The van der Waals surface area contributed by atoms with Crippen LogP contribution < -0.4 is 0 Å². The van der Waals surface area contributed by atoms with Gasteiger partial charge in [0, 0.05) is 17.8 Å². The molecule has 1 N–H and O–H groups in total. The number of rotatable bonds is 6. The standard InChI is InChI=1S/C23H18FN3O5S/c24-13-6-3-12(4-7-13)5-8-14-21(27(31)32)18(16-9-10-17(33-16)23(29)30)19-20(25-14)15-2-1-11-26(15)22(19)28/h3-4,6-7,9-10,15H,1-2,5,8,11H2,(H,29,30). The Labute approximate surface area is 191 Å². The zero-order chi connectivity index (χ0) is 23.3. The van der Waals surface area contributed by atoms with Crippen LogP contribution in [0.5, 0.6) is 0 Å². The topological polar surface area (TPSA) is 114 Å². The van der Waals surface area contributed by atoms with Gasteiger partial charge in [-0.1, -0.05) is 12.1 Å². The summed E-state index contributed by atoms with van der Waals surface area (Å²) < 4.78 is 13.3. The fourth-order valence-electron chi connectivity index (χ4n) is 4.65. The summed E-state index contributed by atoms with van der Waals surface area (Å²) in [7, 11) is 0. The molecule has 1 unspecified atom stereocenters. The molecule has 0 radical (unpaired) electrons. The molecule has 4 heterocycles. The lowest BCUT2D eigenvalue weighted by molar-refractivity contribution is -0.385. The van der Waals surface area contributed by atoms with Gasteiger partial charge in [-0.15, -0.1) is 11.3 Å². The van der Waals surface area contributed by atoms with Gasteiger partial charge in [0.15, 0.2) is 0 Å². The Morgan fingerprint density at radius 3 is 2.64 bits per heavy atom. The van der Waals surface area contributed by atoms with Gasteiger partial charge in [-0.2, -0.15) is 0 Å². The van der Waals surface area contributed by atoms with Crippen LogP contribution >= 0.6 is 11.3 Å². The van der Waals surface area contributed by atoms with Gasteiger partial charge in [0.2, 0.25) is 0 Å². The van der Waals surface area contributed by atoms with Crippen molar-refractivity contribution in [1.82, 2.24) is 9.88 Å². The number of fused-ring (bicyclic) bond motifs is 3. The third kappa shape index (κ3) is 3.56. The van der Waals surface area contributed by atoms with Gasteiger partial charge < -0.3 is 10.0 Å². The fraction of sp³-hybridized carbons (Fsp3) is 0.261. The molecule has 1 saturated heterocycles. The second-order valence-electron chi connectivity index (χ2n) is 8.05. The second-order valence-corrected chi connectivity index (χ2v) is 9.14. The first-order chi connectivity index (χ1) is 15.8. The Hall–Kier alpha value is -3.66. The molecule has 168 valence electrons. The van der Waals surface area contributed by atoms with Crippen LogP contribution in [0.25, 0.3) is 10.4 Å². The smallest absolute Gasteiger partial charge is 0.345 e. The van der Waals surface area contributed by atoms with Gasteiger partial charge in [0.05, 0.1) is 27.8 Å². The van der Waals surface area contributed by atoms with E-state index in [-0.39, 0.29) is 51.6 Å². The van der Waals surface area contributed by atoms with Gasteiger partial charge in [-0.05, 0) is 49.1 Å². The average molecular weight is 467 g/mol. The number of amides is 1. The molecule has 5 rings (SSSR count). The number of hydrogen-bond donors (Lipinski definition) is 1. The molecule has 33 heavy (non-hydrogen) atoms. The number of halogens is 1. The summed E-state index contributed by atoms with van der Waals surface area (Å²) >= 11 is 0.902. The molecule has 0 aliphatic carbocycles. The van der Waals surface area contributed by atoms with E-state index in [0.717, 1.165) is 29.7 Å². The molecule has 1 atom stereocenters. The molecule has 2 aliphatic heterocycles. The predicted octanol–water partition coefficient (Wildman–Crippen LogP) is 4.63. The number of carbonyl (C=O) groups is 2. The third-order valence-electron chi connectivity index (χ3n) is 6.12. The summed E-state index contributed by atoms with van der Waals surface area (Å²) in [5.74, 6) is -1.80. The minimum absolute atomic E-state index is 0.0312. The van der Waals surface area contributed by atoms with Crippen molar-refractivity contribution in [2.45, 2.75) is 31.7 Å². The van der Waals surface area contributed by atoms with Gasteiger partial charge in [0.1, 0.15) is 16.4 Å². The SMILES string of the molecule is O=C(O)c1ccc(-c2c3c(nc(CCc4ccc(F)cc4)c2[N+](=O)[O-])C2CCCN2C3=O)s1. The maximum atomic E-state index is 13.3. The van der Waals surface area contributed by atoms with Gasteiger partial charge in [-0.3, -0.25) is 14.9 Å². The van der Waals surface area contributed by atoms with Crippen molar-refractivity contribution in [3.8, 4) is 10.4 Å². The van der Waals surface area contributed by atoms with E-state index in [4.69, 9.17) is 0 Å². The minimum atomic E-state index is -1.14. The van der Waals surface area contributed by atoms with Crippen LogP contribution in [0.3, 0.4) is 0 Å². The average Bonchev–Trinajstić information content (AvgIpc) is 3.51. The lowest BCUT2D eigenvalue weighted by atomic mass is 9.97. The van der Waals surface area contributed by atoms with Crippen molar-refractivity contribution in [2.24, 2.45) is 0 Å². The number of benzene rings is 1. The second kappa shape index (κ2) is 8.04. The highest BCUT2D eigenvalue weighted by atomic mass is 32.1. The highest BCUT2D eigenvalue weighted by Crippen LogP contribution is 2.48. The van der Waals surface area contributed by atoms with E-state index in [1.54, 1.807) is 17.0 Å². The van der Waals surface area contributed by atoms with Crippen LogP contribution in [-0.4, -0.2) is 38.3 Å². The van der Waals surface area contributed by atoms with Gasteiger partial charge in [-0.25, -0.2) is 14.2 Å². The highest BCUT2D eigenvalue weighted by molar-refractivity contribution is 7.17. The van der Waals surface area contributed by atoms with Crippen molar-refractivity contribution in [3.63, 3.8) is 0 Å². The summed E-state index contributed by atoms with van der Waals surface area (Å²) in [6.45, 7) is 0.558. The van der Waals surface area contributed by atoms with Crippen LogP contribution in [0.2, 0.25) is 0 Å². The van der Waals surface area contributed by atoms with Crippen molar-refractivity contribution in [2.75, 3.05) is 6.54 Å². The Morgan fingerprint density at radius 1 is 1.21 bits per heavy atom. The van der Waals surface area contributed by atoms with Crippen LogP contribution in [-0.2, 0) is 12.8 Å². The molecule has 10 heteroatoms. The quantitative estimate of drug-likeness (QED) is 0.418. The molecule has 1 aromatic carbocycles. The Bertz CT molecular complexity index is 1300. The lowest BCUT2D eigenvalue weighted by Gasteiger charge is -2.14. The normalized spacial score (nSPS) is 16.7. The molecule has 1 amide bonds. The third-order valence-corrected chi connectivity index (χ3v) is 7.22. The zero-order valence-electron chi connectivity index (χ0n) is 17.3. The fourth-order valence-corrected chi connectivity index (χ4v) is 5.55. The van der Waals surface area contributed by atoms with Crippen LogP contribution in [0.15, 0.2) is 36.4 Å². The highest BCUT2D eigenvalue weighted by Gasteiger charge is 2.46. The van der Waals surface area contributed by atoms with Crippen molar-refractivity contribution >= 4 is 28.9 Å². The number of hydrogen-bond acceptors (Lipinski definition) is 6. The molecule has 2 aromatic heterocycles. The summed E-state index contributed by atoms with van der Waals surface area (Å²) in [5.41, 5.74) is 1.65. The number of aromatic carboxylic acids is 1. The molecule has 3 aromatic rings. The molecule has 0 spiro atoms.